The van der Waals surface area contributed by atoms with E-state index in [4.69, 9.17) is 4.74 Å². The molecule has 1 aromatic carbocycles. The van der Waals surface area contributed by atoms with E-state index in [1.807, 2.05) is 23.6 Å². The van der Waals surface area contributed by atoms with Crippen molar-refractivity contribution >= 4 is 28.1 Å². The molecule has 4 heterocycles. The minimum absolute atomic E-state index is 0.0727. The van der Waals surface area contributed by atoms with Gasteiger partial charge in [0.15, 0.2) is 0 Å². The number of fused-ring (bicyclic) bond motifs is 1. The van der Waals surface area contributed by atoms with E-state index in [2.05, 4.69) is 31.8 Å². The summed E-state index contributed by atoms with van der Waals surface area (Å²) in [6, 6.07) is 7.10. The van der Waals surface area contributed by atoms with Crippen LogP contribution in [0, 0.1) is 5.82 Å². The quantitative estimate of drug-likeness (QED) is 0.490. The third-order valence-electron chi connectivity index (χ3n) is 5.41. The number of halogens is 1. The van der Waals surface area contributed by atoms with Gasteiger partial charge >= 0.3 is 0 Å². The van der Waals surface area contributed by atoms with Gasteiger partial charge in [0.25, 0.3) is 0 Å². The Balaban J connectivity index is 1.56. The van der Waals surface area contributed by atoms with Crippen molar-refractivity contribution in [3.8, 4) is 11.3 Å². The van der Waals surface area contributed by atoms with Gasteiger partial charge in [0.05, 0.1) is 29.4 Å². The zero-order chi connectivity index (χ0) is 20.5. The highest BCUT2D eigenvalue weighted by atomic mass is 32.1. The molecular weight excluding hydrogens is 401 g/mol. The lowest BCUT2D eigenvalue weighted by molar-refractivity contribution is 0.122. The number of nitrogens with zero attached hydrogens (tertiary/aromatic N) is 5. The van der Waals surface area contributed by atoms with E-state index in [1.54, 1.807) is 23.7 Å². The number of morpholine rings is 1. The van der Waals surface area contributed by atoms with Gasteiger partial charge in [-0.05, 0) is 17.7 Å². The Bertz CT molecular complexity index is 1180. The summed E-state index contributed by atoms with van der Waals surface area (Å²) < 4.78 is 20.3. The molecule has 1 atom stereocenters. The van der Waals surface area contributed by atoms with Crippen LogP contribution in [0.1, 0.15) is 23.4 Å². The summed E-state index contributed by atoms with van der Waals surface area (Å²) in [5.74, 6) is 0.605. The number of aromatic nitrogens is 4. The molecule has 30 heavy (non-hydrogen) atoms. The predicted molar refractivity (Wildman–Crippen MR) is 115 cm³/mol. The van der Waals surface area contributed by atoms with Crippen LogP contribution in [0.4, 0.5) is 10.2 Å². The van der Waals surface area contributed by atoms with Crippen LogP contribution in [0.2, 0.25) is 0 Å². The highest BCUT2D eigenvalue weighted by molar-refractivity contribution is 7.09. The highest BCUT2D eigenvalue weighted by Gasteiger charge is 2.18. The molecule has 0 bridgehead atoms. The Morgan fingerprint density at radius 3 is 2.77 bits per heavy atom. The van der Waals surface area contributed by atoms with Crippen LogP contribution < -0.4 is 4.90 Å². The van der Waals surface area contributed by atoms with Crippen molar-refractivity contribution in [2.24, 2.45) is 0 Å². The number of rotatable bonds is 4. The van der Waals surface area contributed by atoms with Crippen molar-refractivity contribution in [3.63, 3.8) is 0 Å². The molecule has 0 saturated carbocycles. The molecule has 5 rings (SSSR count). The van der Waals surface area contributed by atoms with Gasteiger partial charge in [0, 0.05) is 53.8 Å². The van der Waals surface area contributed by atoms with E-state index in [-0.39, 0.29) is 11.7 Å². The smallest absolute Gasteiger partial charge is 0.132 e. The first-order valence-electron chi connectivity index (χ1n) is 9.83. The molecule has 1 aliphatic rings. The van der Waals surface area contributed by atoms with Crippen LogP contribution in [0.3, 0.4) is 0 Å². The molecule has 6 nitrogen and oxygen atoms in total. The van der Waals surface area contributed by atoms with Crippen molar-refractivity contribution in [3.05, 3.63) is 64.8 Å². The first-order valence-corrected chi connectivity index (χ1v) is 10.7. The fourth-order valence-corrected chi connectivity index (χ4v) is 4.43. The largest absolute Gasteiger partial charge is 0.378 e. The topological polar surface area (TPSA) is 64.0 Å². The first kappa shape index (κ1) is 19.0. The van der Waals surface area contributed by atoms with E-state index >= 15 is 0 Å². The third-order valence-corrected chi connectivity index (χ3v) is 6.37. The Morgan fingerprint density at radius 1 is 1.10 bits per heavy atom. The maximum atomic E-state index is 14.8. The van der Waals surface area contributed by atoms with Crippen LogP contribution >= 0.6 is 11.3 Å². The predicted octanol–water partition coefficient (Wildman–Crippen LogP) is 4.28. The summed E-state index contributed by atoms with van der Waals surface area (Å²) in [6.07, 6.45) is 5.01. The molecule has 3 aromatic heterocycles. The van der Waals surface area contributed by atoms with Crippen LogP contribution in [-0.2, 0) is 4.74 Å². The number of pyridine rings is 1. The minimum atomic E-state index is -0.317. The molecule has 8 heteroatoms. The molecule has 0 amide bonds. The summed E-state index contributed by atoms with van der Waals surface area (Å²) in [6.45, 7) is 5.03. The van der Waals surface area contributed by atoms with E-state index < -0.39 is 0 Å². The number of benzene rings is 1. The molecule has 1 unspecified atom stereocenters. The number of hydrogen-bond donors (Lipinski definition) is 0. The minimum Gasteiger partial charge on any atom is -0.378 e. The molecule has 0 spiro atoms. The van der Waals surface area contributed by atoms with Crippen molar-refractivity contribution in [1.29, 1.82) is 0 Å². The van der Waals surface area contributed by atoms with Crippen LogP contribution in [0.5, 0.6) is 0 Å². The lowest BCUT2D eigenvalue weighted by atomic mass is 9.97. The second-order valence-electron chi connectivity index (χ2n) is 7.21. The second kappa shape index (κ2) is 8.04. The van der Waals surface area contributed by atoms with Gasteiger partial charge in [-0.25, -0.2) is 24.3 Å². The summed E-state index contributed by atoms with van der Waals surface area (Å²) >= 11 is 1.60. The average Bonchev–Trinajstić information content (AvgIpc) is 3.34. The number of ether oxygens (including phenoxy) is 1. The molecule has 1 fully saturated rings. The Kier molecular flexibility index (Phi) is 5.10. The summed E-state index contributed by atoms with van der Waals surface area (Å²) in [7, 11) is 0. The molecule has 0 radical (unpaired) electrons. The monoisotopic (exact) mass is 421 g/mol. The van der Waals surface area contributed by atoms with Gasteiger partial charge in [0.1, 0.15) is 18.0 Å². The molecular formula is C22H20FN5OS. The van der Waals surface area contributed by atoms with E-state index in [0.29, 0.717) is 24.5 Å². The Labute approximate surface area is 177 Å². The lowest BCUT2D eigenvalue weighted by Crippen LogP contribution is -2.36. The fraction of sp³-hybridized carbons (Fsp3) is 0.273. The number of hydrogen-bond acceptors (Lipinski definition) is 7. The van der Waals surface area contributed by atoms with E-state index in [1.165, 1.54) is 12.4 Å². The zero-order valence-corrected chi connectivity index (χ0v) is 17.3. The van der Waals surface area contributed by atoms with Crippen molar-refractivity contribution in [1.82, 2.24) is 19.9 Å². The molecule has 0 aliphatic carbocycles. The van der Waals surface area contributed by atoms with Gasteiger partial charge < -0.3 is 9.64 Å². The van der Waals surface area contributed by atoms with Crippen LogP contribution in [-0.4, -0.2) is 46.2 Å². The summed E-state index contributed by atoms with van der Waals surface area (Å²) in [5.41, 5.74) is 2.73. The van der Waals surface area contributed by atoms with Gasteiger partial charge in [-0.2, -0.15) is 0 Å². The van der Waals surface area contributed by atoms with Gasteiger partial charge in [-0.15, -0.1) is 11.3 Å². The summed E-state index contributed by atoms with van der Waals surface area (Å²) in [5, 5.41) is 3.68. The van der Waals surface area contributed by atoms with Crippen LogP contribution in [0.15, 0.2) is 48.4 Å². The van der Waals surface area contributed by atoms with Crippen molar-refractivity contribution < 1.29 is 9.13 Å². The standard InChI is InChI=1S/C22H20FN5OS/c1-14(22-24-4-9-30-22)15-2-3-18(23)16(10-15)21-17-12-25-20(11-19(17)26-13-27-21)28-5-7-29-8-6-28/h2-4,9-14H,5-8H2,1H3. The third kappa shape index (κ3) is 3.53. The Morgan fingerprint density at radius 2 is 1.97 bits per heavy atom. The van der Waals surface area contributed by atoms with E-state index in [0.717, 1.165) is 40.4 Å². The van der Waals surface area contributed by atoms with Crippen LogP contribution in [0.25, 0.3) is 22.2 Å². The molecule has 1 aliphatic heterocycles. The van der Waals surface area contributed by atoms with Gasteiger partial charge in [0.2, 0.25) is 0 Å². The molecule has 1 saturated heterocycles. The normalized spacial score (nSPS) is 15.5. The first-order chi connectivity index (χ1) is 14.7. The van der Waals surface area contributed by atoms with E-state index in [9.17, 15) is 4.39 Å². The fourth-order valence-electron chi connectivity index (χ4n) is 3.71. The van der Waals surface area contributed by atoms with Crippen molar-refractivity contribution in [2.75, 3.05) is 31.2 Å². The molecule has 4 aromatic rings. The van der Waals surface area contributed by atoms with Crippen molar-refractivity contribution in [2.45, 2.75) is 12.8 Å². The number of anilines is 1. The second-order valence-corrected chi connectivity index (χ2v) is 8.14. The van der Waals surface area contributed by atoms with Gasteiger partial charge in [-0.3, -0.25) is 0 Å². The Hall–Kier alpha value is -2.97. The maximum Gasteiger partial charge on any atom is 0.132 e. The maximum absolute atomic E-state index is 14.8. The average molecular weight is 422 g/mol. The highest BCUT2D eigenvalue weighted by Crippen LogP contribution is 2.33. The summed E-state index contributed by atoms with van der Waals surface area (Å²) in [4.78, 5) is 20.0. The molecule has 152 valence electrons. The SMILES string of the molecule is CC(c1ccc(F)c(-c2ncnc3cc(N4CCOCC4)ncc23)c1)c1nccs1. The zero-order valence-electron chi connectivity index (χ0n) is 16.5. The van der Waals surface area contributed by atoms with Gasteiger partial charge in [-0.1, -0.05) is 13.0 Å². The number of thiazole rings is 1. The molecule has 0 N–H and O–H groups in total. The lowest BCUT2D eigenvalue weighted by Gasteiger charge is -2.27.